The molecule has 1 nitrogen and oxygen atoms in total. The number of rotatable bonds is 5. The Labute approximate surface area is 202 Å². The first kappa shape index (κ1) is 21.2. The molecular formula is C33H32O. The van der Waals surface area contributed by atoms with Gasteiger partial charge in [-0.1, -0.05) is 70.2 Å². The smallest absolute Gasteiger partial charge is 0.143 e. The van der Waals surface area contributed by atoms with E-state index in [9.17, 15) is 0 Å². The maximum absolute atomic E-state index is 6.55. The van der Waals surface area contributed by atoms with E-state index in [0.29, 0.717) is 11.8 Å². The summed E-state index contributed by atoms with van der Waals surface area (Å²) in [5, 5.41) is 2.49. The number of fused-ring (bicyclic) bond motifs is 6. The number of furan rings is 1. The van der Waals surface area contributed by atoms with E-state index in [4.69, 9.17) is 4.42 Å². The molecular weight excluding hydrogens is 412 g/mol. The molecule has 0 radical (unpaired) electrons. The molecule has 0 fully saturated rings. The van der Waals surface area contributed by atoms with Gasteiger partial charge in [0.25, 0.3) is 0 Å². The molecule has 34 heavy (non-hydrogen) atoms. The number of hydrogen-bond acceptors (Lipinski definition) is 1. The van der Waals surface area contributed by atoms with Crippen LogP contribution >= 0.6 is 0 Å². The summed E-state index contributed by atoms with van der Waals surface area (Å²) >= 11 is 0. The van der Waals surface area contributed by atoms with Crippen LogP contribution in [0.1, 0.15) is 49.9 Å². The van der Waals surface area contributed by atoms with Crippen LogP contribution in [0.4, 0.5) is 0 Å². The zero-order chi connectivity index (χ0) is 23.4. The van der Waals surface area contributed by atoms with Gasteiger partial charge in [0, 0.05) is 16.3 Å². The molecule has 0 N–H and O–H groups in total. The van der Waals surface area contributed by atoms with Gasteiger partial charge in [0.2, 0.25) is 0 Å². The van der Waals surface area contributed by atoms with Crippen LogP contribution in [-0.2, 0) is 19.3 Å². The van der Waals surface area contributed by atoms with E-state index in [1.807, 2.05) is 0 Å². The van der Waals surface area contributed by atoms with E-state index in [2.05, 4.69) is 100 Å². The fourth-order valence-electron chi connectivity index (χ4n) is 5.68. The normalized spacial score (nSPS) is 12.8. The molecule has 1 aliphatic rings. The molecule has 0 saturated carbocycles. The maximum atomic E-state index is 6.55. The first-order valence-corrected chi connectivity index (χ1v) is 12.7. The van der Waals surface area contributed by atoms with Gasteiger partial charge in [0.15, 0.2) is 0 Å². The fraction of sp³-hybridized carbons (Fsp3) is 0.273. The molecule has 170 valence electrons. The molecule has 4 aromatic carbocycles. The maximum Gasteiger partial charge on any atom is 0.143 e. The zero-order valence-corrected chi connectivity index (χ0v) is 20.6. The van der Waals surface area contributed by atoms with Gasteiger partial charge in [0.1, 0.15) is 11.2 Å². The average Bonchev–Trinajstić information content (AvgIpc) is 3.35. The Hall–Kier alpha value is -3.32. The van der Waals surface area contributed by atoms with Crippen molar-refractivity contribution in [1.29, 1.82) is 0 Å². The minimum absolute atomic E-state index is 0.604. The molecule has 1 aromatic heterocycles. The van der Waals surface area contributed by atoms with Crippen molar-refractivity contribution >= 4 is 21.9 Å². The standard InChI is InChI=1S/C33H32O/c1-20(2)13-22-9-12-32-30(15-22)31-17-23(14-21(3)4)16-29(33(31)34-32)26-11-10-25-18-24-7-5-6-8-27(24)28(25)19-26/h5-12,15-17,19-21H,13-14,18H2,1-4H3. The van der Waals surface area contributed by atoms with Crippen LogP contribution in [-0.4, -0.2) is 0 Å². The lowest BCUT2D eigenvalue weighted by atomic mass is 9.93. The molecule has 0 bridgehead atoms. The molecule has 0 spiro atoms. The third kappa shape index (κ3) is 3.64. The second kappa shape index (κ2) is 8.17. The SMILES string of the molecule is CC(C)Cc1ccc2oc3c(-c4ccc5c(c4)-c4ccccc4C5)cc(CC(C)C)cc3c2c1. The van der Waals surface area contributed by atoms with E-state index in [1.54, 1.807) is 0 Å². The van der Waals surface area contributed by atoms with Crippen molar-refractivity contribution in [2.45, 2.75) is 47.0 Å². The minimum atomic E-state index is 0.604. The summed E-state index contributed by atoms with van der Waals surface area (Å²) in [7, 11) is 0. The van der Waals surface area contributed by atoms with Crippen LogP contribution in [0.25, 0.3) is 44.2 Å². The second-order valence-corrected chi connectivity index (χ2v) is 10.9. The van der Waals surface area contributed by atoms with Crippen LogP contribution in [0.15, 0.2) is 77.2 Å². The van der Waals surface area contributed by atoms with Crippen molar-refractivity contribution in [3.05, 3.63) is 95.1 Å². The van der Waals surface area contributed by atoms with Crippen molar-refractivity contribution in [2.24, 2.45) is 11.8 Å². The van der Waals surface area contributed by atoms with Crippen molar-refractivity contribution in [3.63, 3.8) is 0 Å². The van der Waals surface area contributed by atoms with Crippen molar-refractivity contribution < 1.29 is 4.42 Å². The second-order valence-electron chi connectivity index (χ2n) is 10.9. The summed E-state index contributed by atoms with van der Waals surface area (Å²) in [6.07, 6.45) is 3.18. The minimum Gasteiger partial charge on any atom is -0.455 e. The first-order valence-electron chi connectivity index (χ1n) is 12.7. The van der Waals surface area contributed by atoms with Crippen molar-refractivity contribution in [1.82, 2.24) is 0 Å². The largest absolute Gasteiger partial charge is 0.455 e. The molecule has 0 aliphatic heterocycles. The molecule has 1 heteroatoms. The van der Waals surface area contributed by atoms with E-state index in [1.165, 1.54) is 55.3 Å². The average molecular weight is 445 g/mol. The summed E-state index contributed by atoms with van der Waals surface area (Å²) in [4.78, 5) is 0. The summed E-state index contributed by atoms with van der Waals surface area (Å²) in [5.41, 5.74) is 12.8. The van der Waals surface area contributed by atoms with Gasteiger partial charge >= 0.3 is 0 Å². The highest BCUT2D eigenvalue weighted by molar-refractivity contribution is 6.10. The van der Waals surface area contributed by atoms with Crippen LogP contribution < -0.4 is 0 Å². The van der Waals surface area contributed by atoms with Crippen molar-refractivity contribution in [3.8, 4) is 22.3 Å². The van der Waals surface area contributed by atoms with E-state index in [0.717, 1.165) is 30.4 Å². The Morgan fingerprint density at radius 3 is 2.21 bits per heavy atom. The highest BCUT2D eigenvalue weighted by Crippen LogP contribution is 2.42. The quantitative estimate of drug-likeness (QED) is 0.258. The molecule has 6 rings (SSSR count). The number of hydrogen-bond donors (Lipinski definition) is 0. The lowest BCUT2D eigenvalue weighted by Crippen LogP contribution is -1.95. The Morgan fingerprint density at radius 1 is 0.647 bits per heavy atom. The monoisotopic (exact) mass is 444 g/mol. The number of benzene rings is 4. The fourth-order valence-corrected chi connectivity index (χ4v) is 5.68. The lowest BCUT2D eigenvalue weighted by molar-refractivity contribution is 0.645. The summed E-state index contributed by atoms with van der Waals surface area (Å²) in [6, 6.07) is 27.3. The van der Waals surface area contributed by atoms with Crippen LogP contribution in [0.2, 0.25) is 0 Å². The third-order valence-corrected chi connectivity index (χ3v) is 7.09. The van der Waals surface area contributed by atoms with Gasteiger partial charge < -0.3 is 4.42 Å². The topological polar surface area (TPSA) is 13.1 Å². The Balaban J connectivity index is 1.57. The van der Waals surface area contributed by atoms with Gasteiger partial charge in [-0.2, -0.15) is 0 Å². The van der Waals surface area contributed by atoms with Gasteiger partial charge in [0.05, 0.1) is 0 Å². The zero-order valence-electron chi connectivity index (χ0n) is 20.6. The highest BCUT2D eigenvalue weighted by Gasteiger charge is 2.20. The summed E-state index contributed by atoms with van der Waals surface area (Å²) in [6.45, 7) is 9.15. The predicted molar refractivity (Wildman–Crippen MR) is 144 cm³/mol. The van der Waals surface area contributed by atoms with Gasteiger partial charge in [-0.05, 0) is 100 Å². The molecule has 0 amide bonds. The van der Waals surface area contributed by atoms with Crippen molar-refractivity contribution in [2.75, 3.05) is 0 Å². The van der Waals surface area contributed by atoms with E-state index in [-0.39, 0.29) is 0 Å². The summed E-state index contributed by atoms with van der Waals surface area (Å²) in [5.74, 6) is 1.24. The van der Waals surface area contributed by atoms with Crippen LogP contribution in [0.3, 0.4) is 0 Å². The third-order valence-electron chi connectivity index (χ3n) is 7.09. The Morgan fingerprint density at radius 2 is 1.38 bits per heavy atom. The van der Waals surface area contributed by atoms with Crippen LogP contribution in [0, 0.1) is 11.8 Å². The molecule has 0 saturated heterocycles. The summed E-state index contributed by atoms with van der Waals surface area (Å²) < 4.78 is 6.55. The predicted octanol–water partition coefficient (Wildman–Crippen LogP) is 9.22. The van der Waals surface area contributed by atoms with E-state index < -0.39 is 0 Å². The van der Waals surface area contributed by atoms with E-state index >= 15 is 0 Å². The van der Waals surface area contributed by atoms with Crippen LogP contribution in [0.5, 0.6) is 0 Å². The lowest BCUT2D eigenvalue weighted by Gasteiger charge is -2.11. The van der Waals surface area contributed by atoms with Gasteiger partial charge in [-0.15, -0.1) is 0 Å². The highest BCUT2D eigenvalue weighted by atomic mass is 16.3. The molecule has 1 aliphatic carbocycles. The molecule has 0 atom stereocenters. The van der Waals surface area contributed by atoms with Gasteiger partial charge in [-0.3, -0.25) is 0 Å². The Bertz CT molecular complexity index is 1530. The Kier molecular flexibility index (Phi) is 5.10. The first-order chi connectivity index (χ1) is 16.5. The molecule has 5 aromatic rings. The van der Waals surface area contributed by atoms with Gasteiger partial charge in [-0.25, -0.2) is 0 Å². The molecule has 1 heterocycles. The molecule has 0 unspecified atom stereocenters.